The first kappa shape index (κ1) is 14.8. The Labute approximate surface area is 145 Å². The maximum atomic E-state index is 5.88. The molecule has 0 aromatic heterocycles. The van der Waals surface area contributed by atoms with Crippen LogP contribution < -0.4 is 10.1 Å². The average Bonchev–Trinajstić information content (AvgIpc) is 3.06. The molecule has 3 unspecified atom stereocenters. The summed E-state index contributed by atoms with van der Waals surface area (Å²) >= 11 is 3.71. The van der Waals surface area contributed by atoms with Gasteiger partial charge in [-0.2, -0.15) is 0 Å². The minimum Gasteiger partial charge on any atom is -0.494 e. The first-order valence-electron chi connectivity index (χ1n) is 8.23. The van der Waals surface area contributed by atoms with E-state index >= 15 is 0 Å². The molecule has 0 spiro atoms. The molecule has 1 aliphatic heterocycles. The van der Waals surface area contributed by atoms with E-state index in [0.29, 0.717) is 18.4 Å². The lowest BCUT2D eigenvalue weighted by atomic mass is 9.77. The van der Waals surface area contributed by atoms with E-state index in [1.165, 1.54) is 16.8 Å². The summed E-state index contributed by atoms with van der Waals surface area (Å²) in [7, 11) is 0. The van der Waals surface area contributed by atoms with Gasteiger partial charge in [0.1, 0.15) is 5.75 Å². The van der Waals surface area contributed by atoms with Crippen molar-refractivity contribution in [2.24, 2.45) is 5.92 Å². The molecule has 0 radical (unpaired) electrons. The molecule has 0 saturated carbocycles. The van der Waals surface area contributed by atoms with E-state index in [1.54, 1.807) is 0 Å². The van der Waals surface area contributed by atoms with Crippen LogP contribution in [0.5, 0.6) is 5.75 Å². The Balaban J connectivity index is 1.81. The minimum atomic E-state index is 0.268. The monoisotopic (exact) mass is 369 g/mol. The largest absolute Gasteiger partial charge is 0.494 e. The van der Waals surface area contributed by atoms with Crippen LogP contribution >= 0.6 is 15.9 Å². The Bertz CT molecular complexity index is 755. The molecule has 4 rings (SSSR count). The van der Waals surface area contributed by atoms with E-state index < -0.39 is 0 Å². The van der Waals surface area contributed by atoms with Gasteiger partial charge in [0.05, 0.1) is 18.3 Å². The van der Waals surface area contributed by atoms with E-state index in [2.05, 4.69) is 69.8 Å². The van der Waals surface area contributed by atoms with Gasteiger partial charge < -0.3 is 10.1 Å². The zero-order valence-corrected chi connectivity index (χ0v) is 14.7. The minimum absolute atomic E-state index is 0.268. The molecule has 2 aromatic carbocycles. The van der Waals surface area contributed by atoms with Crippen LogP contribution in [0.1, 0.15) is 36.4 Å². The quantitative estimate of drug-likeness (QED) is 0.703. The summed E-state index contributed by atoms with van der Waals surface area (Å²) < 4.78 is 7.02. The first-order valence-corrected chi connectivity index (χ1v) is 9.02. The number of rotatable bonds is 3. The fourth-order valence-electron chi connectivity index (χ4n) is 3.92. The molecular formula is C20H20BrNO. The number of ether oxygens (including phenoxy) is 1. The number of fused-ring (bicyclic) bond motifs is 3. The summed E-state index contributed by atoms with van der Waals surface area (Å²) in [5, 5.41) is 3.78. The Morgan fingerprint density at radius 1 is 1.13 bits per heavy atom. The third-order valence-corrected chi connectivity index (χ3v) is 5.56. The smallest absolute Gasteiger partial charge is 0.124 e. The van der Waals surface area contributed by atoms with Crippen molar-refractivity contribution in [1.82, 2.24) is 0 Å². The molecule has 118 valence electrons. The van der Waals surface area contributed by atoms with Crippen molar-refractivity contribution in [1.29, 1.82) is 0 Å². The van der Waals surface area contributed by atoms with Crippen molar-refractivity contribution in [3.05, 3.63) is 70.2 Å². The van der Waals surface area contributed by atoms with Crippen LogP contribution in [0.25, 0.3) is 0 Å². The van der Waals surface area contributed by atoms with Crippen LogP contribution in [0.2, 0.25) is 0 Å². The number of hydrogen-bond donors (Lipinski definition) is 1. The molecule has 23 heavy (non-hydrogen) atoms. The Morgan fingerprint density at radius 3 is 2.83 bits per heavy atom. The summed E-state index contributed by atoms with van der Waals surface area (Å²) in [4.78, 5) is 0. The van der Waals surface area contributed by atoms with Crippen molar-refractivity contribution in [2.45, 2.75) is 25.3 Å². The summed E-state index contributed by atoms with van der Waals surface area (Å²) in [6.07, 6.45) is 5.80. The van der Waals surface area contributed by atoms with Gasteiger partial charge in [-0.05, 0) is 52.9 Å². The molecule has 3 atom stereocenters. The zero-order valence-electron chi connectivity index (χ0n) is 13.1. The molecule has 2 aromatic rings. The second-order valence-corrected chi connectivity index (χ2v) is 7.00. The van der Waals surface area contributed by atoms with Gasteiger partial charge in [-0.15, -0.1) is 0 Å². The molecule has 1 heterocycles. The zero-order chi connectivity index (χ0) is 15.8. The van der Waals surface area contributed by atoms with Crippen LogP contribution in [-0.4, -0.2) is 6.61 Å². The molecule has 2 nitrogen and oxygen atoms in total. The van der Waals surface area contributed by atoms with Crippen molar-refractivity contribution >= 4 is 21.6 Å². The van der Waals surface area contributed by atoms with Crippen LogP contribution in [0.3, 0.4) is 0 Å². The topological polar surface area (TPSA) is 21.3 Å². The van der Waals surface area contributed by atoms with Crippen molar-refractivity contribution in [2.75, 3.05) is 11.9 Å². The highest BCUT2D eigenvalue weighted by molar-refractivity contribution is 9.10. The van der Waals surface area contributed by atoms with E-state index in [-0.39, 0.29) is 6.04 Å². The maximum Gasteiger partial charge on any atom is 0.124 e. The average molecular weight is 370 g/mol. The van der Waals surface area contributed by atoms with Crippen LogP contribution in [-0.2, 0) is 0 Å². The van der Waals surface area contributed by atoms with Gasteiger partial charge >= 0.3 is 0 Å². The van der Waals surface area contributed by atoms with Gasteiger partial charge in [-0.3, -0.25) is 0 Å². The van der Waals surface area contributed by atoms with E-state index in [4.69, 9.17) is 4.74 Å². The number of halogens is 1. The number of hydrogen-bond acceptors (Lipinski definition) is 2. The molecular weight excluding hydrogens is 350 g/mol. The lowest BCUT2D eigenvalue weighted by Gasteiger charge is -2.38. The fraction of sp³-hybridized carbons (Fsp3) is 0.300. The van der Waals surface area contributed by atoms with E-state index in [1.807, 2.05) is 13.0 Å². The molecule has 0 amide bonds. The van der Waals surface area contributed by atoms with Crippen molar-refractivity contribution < 1.29 is 4.74 Å². The van der Waals surface area contributed by atoms with Gasteiger partial charge in [0.2, 0.25) is 0 Å². The third kappa shape index (κ3) is 2.47. The van der Waals surface area contributed by atoms with Gasteiger partial charge in [0, 0.05) is 16.0 Å². The molecule has 0 bridgehead atoms. The second-order valence-electron chi connectivity index (χ2n) is 6.15. The van der Waals surface area contributed by atoms with Gasteiger partial charge in [0.25, 0.3) is 0 Å². The number of para-hydroxylation sites is 2. The summed E-state index contributed by atoms with van der Waals surface area (Å²) in [6.45, 7) is 2.73. The predicted octanol–water partition coefficient (Wildman–Crippen LogP) is 5.67. The van der Waals surface area contributed by atoms with Crippen molar-refractivity contribution in [3.63, 3.8) is 0 Å². The number of allylic oxidation sites excluding steroid dienone is 2. The first-order chi connectivity index (χ1) is 11.3. The lowest BCUT2D eigenvalue weighted by Crippen LogP contribution is -2.29. The van der Waals surface area contributed by atoms with E-state index in [9.17, 15) is 0 Å². The molecule has 3 heteroatoms. The van der Waals surface area contributed by atoms with Gasteiger partial charge in [-0.25, -0.2) is 0 Å². The highest BCUT2D eigenvalue weighted by Crippen LogP contribution is 2.52. The highest BCUT2D eigenvalue weighted by atomic mass is 79.9. The Kier molecular flexibility index (Phi) is 3.90. The Hall–Kier alpha value is -1.74. The third-order valence-electron chi connectivity index (χ3n) is 4.90. The standard InChI is InChI=1S/C20H20BrNO/c1-2-23-18-12-4-3-7-16(18)19-14-9-5-8-13(14)15-10-6-11-17(21)20(15)22-19/h3-8,10-14,19,22H,2,9H2,1H3. The molecule has 0 saturated heterocycles. The fourth-order valence-corrected chi connectivity index (χ4v) is 4.41. The van der Waals surface area contributed by atoms with E-state index in [0.717, 1.165) is 16.6 Å². The molecule has 1 aliphatic carbocycles. The summed E-state index contributed by atoms with van der Waals surface area (Å²) in [6, 6.07) is 15.2. The predicted molar refractivity (Wildman–Crippen MR) is 98.1 cm³/mol. The molecule has 2 aliphatic rings. The second kappa shape index (κ2) is 6.04. The lowest BCUT2D eigenvalue weighted by molar-refractivity contribution is 0.326. The van der Waals surface area contributed by atoms with Gasteiger partial charge in [-0.1, -0.05) is 42.5 Å². The SMILES string of the molecule is CCOc1ccccc1C1Nc2c(Br)cccc2C2C=CCC21. The van der Waals surface area contributed by atoms with Crippen LogP contribution in [0, 0.1) is 5.92 Å². The highest BCUT2D eigenvalue weighted by Gasteiger charge is 2.39. The van der Waals surface area contributed by atoms with Gasteiger partial charge in [0.15, 0.2) is 0 Å². The Morgan fingerprint density at radius 2 is 1.96 bits per heavy atom. The van der Waals surface area contributed by atoms with Crippen LogP contribution in [0.15, 0.2) is 59.1 Å². The number of benzene rings is 2. The summed E-state index contributed by atoms with van der Waals surface area (Å²) in [5.41, 5.74) is 3.87. The number of nitrogens with one attached hydrogen (secondary N) is 1. The molecule has 1 N–H and O–H groups in total. The summed E-state index contributed by atoms with van der Waals surface area (Å²) in [5.74, 6) is 2.01. The van der Waals surface area contributed by atoms with Crippen LogP contribution in [0.4, 0.5) is 5.69 Å². The normalized spacial score (nSPS) is 24.7. The van der Waals surface area contributed by atoms with Crippen molar-refractivity contribution in [3.8, 4) is 5.75 Å². The maximum absolute atomic E-state index is 5.88. The number of anilines is 1. The molecule has 0 fully saturated rings.